The molecule has 27 heavy (non-hydrogen) atoms. The van der Waals surface area contributed by atoms with E-state index in [1.807, 2.05) is 13.0 Å². The second-order valence-corrected chi connectivity index (χ2v) is 8.31. The third kappa shape index (κ3) is 4.34. The summed E-state index contributed by atoms with van der Waals surface area (Å²) in [6, 6.07) is 0. The molecule has 0 N–H and O–H groups in total. The number of rotatable bonds is 1. The highest BCUT2D eigenvalue weighted by Crippen LogP contribution is 2.47. The third-order valence-corrected chi connectivity index (χ3v) is 6.01. The molecule has 0 spiro atoms. The summed E-state index contributed by atoms with van der Waals surface area (Å²) in [7, 11) is 0. The molecule has 0 aromatic rings. The second-order valence-electron chi connectivity index (χ2n) is 8.31. The van der Waals surface area contributed by atoms with Gasteiger partial charge in [-0.05, 0) is 39.5 Å². The van der Waals surface area contributed by atoms with Crippen LogP contribution in [-0.2, 0) is 23.8 Å². The number of epoxide rings is 1. The number of allylic oxidation sites excluding steroid dienone is 3. The molecule has 0 aromatic heterocycles. The van der Waals surface area contributed by atoms with E-state index >= 15 is 0 Å². The predicted molar refractivity (Wildman–Crippen MR) is 102 cm³/mol. The second kappa shape index (κ2) is 7.63. The first kappa shape index (κ1) is 19.9. The van der Waals surface area contributed by atoms with Gasteiger partial charge in [-0.3, -0.25) is 4.79 Å². The first-order valence-corrected chi connectivity index (χ1v) is 9.78. The molecule has 0 saturated carbocycles. The molecule has 3 rings (SSSR count). The van der Waals surface area contributed by atoms with Gasteiger partial charge in [0.1, 0.15) is 12.2 Å². The molecule has 2 heterocycles. The number of esters is 2. The molecule has 5 heteroatoms. The van der Waals surface area contributed by atoms with Crippen LogP contribution in [0, 0.1) is 11.8 Å². The van der Waals surface area contributed by atoms with Crippen molar-refractivity contribution in [2.24, 2.45) is 11.8 Å². The molecule has 0 amide bonds. The van der Waals surface area contributed by atoms with Crippen LogP contribution in [0.3, 0.4) is 0 Å². The van der Waals surface area contributed by atoms with E-state index in [4.69, 9.17) is 14.2 Å². The van der Waals surface area contributed by atoms with Crippen LogP contribution in [-0.4, -0.2) is 35.9 Å². The SMILES string of the molecule is C=C1C(=O)O[C@H]2[C@H](OC(C)=O)[C@H](C)/C=C/C/C(C)=C/CC[C@@]3(C)O[C@H]3C[C@@H]12. The monoisotopic (exact) mass is 374 g/mol. The van der Waals surface area contributed by atoms with Gasteiger partial charge in [-0.25, -0.2) is 4.79 Å². The van der Waals surface area contributed by atoms with Crippen molar-refractivity contribution in [1.82, 2.24) is 0 Å². The third-order valence-electron chi connectivity index (χ3n) is 6.01. The van der Waals surface area contributed by atoms with Crippen molar-refractivity contribution in [3.63, 3.8) is 0 Å². The molecule has 2 aliphatic heterocycles. The summed E-state index contributed by atoms with van der Waals surface area (Å²) in [6.45, 7) is 11.6. The lowest BCUT2D eigenvalue weighted by Crippen LogP contribution is -2.40. The lowest BCUT2D eigenvalue weighted by Gasteiger charge is -2.29. The Kier molecular flexibility index (Phi) is 5.61. The van der Waals surface area contributed by atoms with Gasteiger partial charge in [-0.1, -0.05) is 37.3 Å². The van der Waals surface area contributed by atoms with E-state index in [1.54, 1.807) is 0 Å². The maximum absolute atomic E-state index is 12.2. The maximum atomic E-state index is 12.2. The number of hydrogen-bond donors (Lipinski definition) is 0. The number of ether oxygens (including phenoxy) is 3. The molecule has 2 fully saturated rings. The summed E-state index contributed by atoms with van der Waals surface area (Å²) in [6.07, 6.45) is 8.82. The molecule has 2 saturated heterocycles. The maximum Gasteiger partial charge on any atom is 0.334 e. The van der Waals surface area contributed by atoms with E-state index in [2.05, 4.69) is 32.6 Å². The Balaban J connectivity index is 1.91. The quantitative estimate of drug-likeness (QED) is 0.302. The fourth-order valence-corrected chi connectivity index (χ4v) is 4.17. The van der Waals surface area contributed by atoms with Gasteiger partial charge < -0.3 is 14.2 Å². The molecule has 148 valence electrons. The van der Waals surface area contributed by atoms with Gasteiger partial charge in [0.15, 0.2) is 0 Å². The zero-order valence-corrected chi connectivity index (χ0v) is 16.7. The van der Waals surface area contributed by atoms with Crippen molar-refractivity contribution >= 4 is 11.9 Å². The average Bonchev–Trinajstić information content (AvgIpc) is 3.14. The van der Waals surface area contributed by atoms with E-state index in [0.29, 0.717) is 12.0 Å². The van der Waals surface area contributed by atoms with Crippen molar-refractivity contribution in [3.05, 3.63) is 36.0 Å². The first-order valence-electron chi connectivity index (χ1n) is 9.78. The average molecular weight is 374 g/mol. The summed E-state index contributed by atoms with van der Waals surface area (Å²) in [5.74, 6) is -1.06. The van der Waals surface area contributed by atoms with Gasteiger partial charge in [0.2, 0.25) is 0 Å². The highest BCUT2D eigenvalue weighted by Gasteiger charge is 2.56. The van der Waals surface area contributed by atoms with E-state index < -0.39 is 18.2 Å². The number of carbonyl (C=O) groups excluding carboxylic acids is 2. The molecule has 0 aromatic carbocycles. The summed E-state index contributed by atoms with van der Waals surface area (Å²) in [5, 5.41) is 0. The molecule has 0 radical (unpaired) electrons. The molecule has 1 aliphatic carbocycles. The van der Waals surface area contributed by atoms with Crippen molar-refractivity contribution in [1.29, 1.82) is 0 Å². The zero-order valence-electron chi connectivity index (χ0n) is 16.7. The molecular formula is C22H30O5. The first-order chi connectivity index (χ1) is 12.7. The van der Waals surface area contributed by atoms with Gasteiger partial charge in [0.25, 0.3) is 0 Å². The zero-order chi connectivity index (χ0) is 19.8. The van der Waals surface area contributed by atoms with Gasteiger partial charge in [0.05, 0.1) is 11.7 Å². The lowest BCUT2D eigenvalue weighted by molar-refractivity contribution is -0.163. The molecule has 0 bridgehead atoms. The molecular weight excluding hydrogens is 344 g/mol. The van der Waals surface area contributed by atoms with Crippen LogP contribution >= 0.6 is 0 Å². The van der Waals surface area contributed by atoms with E-state index in [1.165, 1.54) is 12.5 Å². The number of carbonyl (C=O) groups is 2. The minimum Gasteiger partial charge on any atom is -0.458 e. The van der Waals surface area contributed by atoms with Crippen LogP contribution < -0.4 is 0 Å². The van der Waals surface area contributed by atoms with Gasteiger partial charge in [-0.15, -0.1) is 0 Å². The Morgan fingerprint density at radius 3 is 2.85 bits per heavy atom. The van der Waals surface area contributed by atoms with Crippen LogP contribution in [0.2, 0.25) is 0 Å². The lowest BCUT2D eigenvalue weighted by atomic mass is 9.83. The summed E-state index contributed by atoms with van der Waals surface area (Å²) < 4.78 is 17.2. The highest BCUT2D eigenvalue weighted by molar-refractivity contribution is 5.91. The number of hydrogen-bond acceptors (Lipinski definition) is 5. The number of fused-ring (bicyclic) bond motifs is 2. The summed E-state index contributed by atoms with van der Waals surface area (Å²) >= 11 is 0. The van der Waals surface area contributed by atoms with Crippen LogP contribution in [0.25, 0.3) is 0 Å². The smallest absolute Gasteiger partial charge is 0.334 e. The van der Waals surface area contributed by atoms with Crippen LogP contribution in [0.5, 0.6) is 0 Å². The van der Waals surface area contributed by atoms with Crippen LogP contribution in [0.15, 0.2) is 36.0 Å². The van der Waals surface area contributed by atoms with E-state index in [0.717, 1.165) is 19.3 Å². The molecule has 3 aliphatic rings. The molecule has 5 nitrogen and oxygen atoms in total. The highest BCUT2D eigenvalue weighted by atomic mass is 16.6. The minimum absolute atomic E-state index is 0.0664. The largest absolute Gasteiger partial charge is 0.458 e. The fraction of sp³-hybridized carbons (Fsp3) is 0.636. The van der Waals surface area contributed by atoms with E-state index in [-0.39, 0.29) is 29.5 Å². The Morgan fingerprint density at radius 1 is 1.41 bits per heavy atom. The minimum atomic E-state index is -0.538. The van der Waals surface area contributed by atoms with Gasteiger partial charge >= 0.3 is 11.9 Å². The molecule has 6 atom stereocenters. The topological polar surface area (TPSA) is 65.1 Å². The normalized spacial score (nSPS) is 42.7. The molecule has 0 unspecified atom stereocenters. The Bertz CT molecular complexity index is 691. The van der Waals surface area contributed by atoms with Crippen molar-refractivity contribution in [2.45, 2.75) is 77.3 Å². The van der Waals surface area contributed by atoms with Crippen molar-refractivity contribution < 1.29 is 23.8 Å². The summed E-state index contributed by atoms with van der Waals surface area (Å²) in [4.78, 5) is 24.0. The Hall–Kier alpha value is -1.88. The summed E-state index contributed by atoms with van der Waals surface area (Å²) in [5.41, 5.74) is 1.59. The van der Waals surface area contributed by atoms with E-state index in [9.17, 15) is 9.59 Å². The predicted octanol–water partition coefficient (Wildman–Crippen LogP) is 3.89. The van der Waals surface area contributed by atoms with Crippen molar-refractivity contribution in [3.8, 4) is 0 Å². The fourth-order valence-electron chi connectivity index (χ4n) is 4.17. The van der Waals surface area contributed by atoms with Gasteiger partial charge in [-0.2, -0.15) is 0 Å². The van der Waals surface area contributed by atoms with Crippen LogP contribution in [0.1, 0.15) is 53.4 Å². The van der Waals surface area contributed by atoms with Gasteiger partial charge in [0, 0.05) is 24.3 Å². The van der Waals surface area contributed by atoms with Crippen molar-refractivity contribution in [2.75, 3.05) is 0 Å². The Labute approximate surface area is 161 Å². The Morgan fingerprint density at radius 2 is 2.15 bits per heavy atom. The standard InChI is InChI=1S/C22H30O5/c1-13-8-6-10-14(2)19(25-16(4)23)20-17(15(3)21(24)26-20)12-18-22(5,27-18)11-7-9-13/h6,9-10,14,17-20H,3,7-8,11-12H2,1-2,4-5H3/b10-6+,13-9+/t14-,17+,18+,19-,20-,22-/m1/s1. The van der Waals surface area contributed by atoms with Crippen LogP contribution in [0.4, 0.5) is 0 Å².